The highest BCUT2D eigenvalue weighted by molar-refractivity contribution is 7.22. The van der Waals surface area contributed by atoms with Gasteiger partial charge in [-0.3, -0.25) is 14.9 Å². The van der Waals surface area contributed by atoms with Crippen LogP contribution in [0, 0.1) is 0 Å². The first-order chi connectivity index (χ1) is 12.2. The minimum Gasteiger partial charge on any atom is -0.354 e. The molecule has 4 nitrogen and oxygen atoms in total. The third kappa shape index (κ3) is 2.20. The Morgan fingerprint density at radius 1 is 1.00 bits per heavy atom. The first-order valence-corrected chi connectivity index (χ1v) is 8.95. The molecular formula is C20H14N2O2S. The quantitative estimate of drug-likeness (QED) is 0.535. The predicted octanol–water partition coefficient (Wildman–Crippen LogP) is 4.18. The van der Waals surface area contributed by atoms with E-state index >= 15 is 0 Å². The van der Waals surface area contributed by atoms with Crippen LogP contribution in [-0.2, 0) is 9.59 Å². The number of para-hydroxylation sites is 1. The van der Waals surface area contributed by atoms with Gasteiger partial charge in [-0.2, -0.15) is 0 Å². The summed E-state index contributed by atoms with van der Waals surface area (Å²) in [5.74, 6) is -0.858. The first kappa shape index (κ1) is 14.4. The average Bonchev–Trinajstić information content (AvgIpc) is 3.28. The van der Waals surface area contributed by atoms with Gasteiger partial charge in [0, 0.05) is 22.0 Å². The van der Waals surface area contributed by atoms with E-state index in [1.54, 1.807) is 11.3 Å². The fraction of sp³-hybridized carbons (Fsp3) is 0.100. The van der Waals surface area contributed by atoms with Crippen molar-refractivity contribution in [3.05, 3.63) is 60.2 Å². The van der Waals surface area contributed by atoms with Gasteiger partial charge < -0.3 is 4.98 Å². The Bertz CT molecular complexity index is 1120. The molecule has 0 spiro atoms. The summed E-state index contributed by atoms with van der Waals surface area (Å²) in [7, 11) is 0. The zero-order valence-corrected chi connectivity index (χ0v) is 14.0. The van der Waals surface area contributed by atoms with Crippen LogP contribution < -0.4 is 5.32 Å². The Morgan fingerprint density at radius 3 is 2.60 bits per heavy atom. The number of H-pyrrole nitrogens is 1. The summed E-state index contributed by atoms with van der Waals surface area (Å²) in [4.78, 5) is 28.6. The average molecular weight is 346 g/mol. The molecule has 5 rings (SSSR count). The van der Waals surface area contributed by atoms with Crippen LogP contribution in [-0.4, -0.2) is 16.8 Å². The Kier molecular flexibility index (Phi) is 3.05. The maximum atomic E-state index is 12.3. The number of amides is 2. The molecule has 0 radical (unpaired) electrons. The normalized spacial score (nSPS) is 17.5. The van der Waals surface area contributed by atoms with Crippen LogP contribution in [0.15, 0.2) is 54.6 Å². The first-order valence-electron chi connectivity index (χ1n) is 8.14. The lowest BCUT2D eigenvalue weighted by molar-refractivity contribution is -0.125. The van der Waals surface area contributed by atoms with Crippen LogP contribution in [0.2, 0.25) is 0 Å². The molecule has 5 heteroatoms. The molecule has 0 saturated carbocycles. The van der Waals surface area contributed by atoms with E-state index in [2.05, 4.69) is 28.5 Å². The van der Waals surface area contributed by atoms with Gasteiger partial charge in [-0.1, -0.05) is 36.4 Å². The Morgan fingerprint density at radius 2 is 1.80 bits per heavy atom. The molecule has 1 unspecified atom stereocenters. The van der Waals surface area contributed by atoms with Crippen molar-refractivity contribution < 1.29 is 9.59 Å². The van der Waals surface area contributed by atoms with Crippen LogP contribution in [0.3, 0.4) is 0 Å². The number of carbonyl (C=O) groups excluding carboxylic acids is 2. The van der Waals surface area contributed by atoms with Gasteiger partial charge in [0.2, 0.25) is 11.8 Å². The molecule has 1 aliphatic heterocycles. The largest absolute Gasteiger partial charge is 0.354 e. The Balaban J connectivity index is 1.78. The maximum absolute atomic E-state index is 12.3. The molecule has 1 saturated heterocycles. The monoisotopic (exact) mass is 346 g/mol. The molecular weight excluding hydrogens is 332 g/mol. The summed E-state index contributed by atoms with van der Waals surface area (Å²) >= 11 is 1.69. The maximum Gasteiger partial charge on any atom is 0.234 e. The number of aromatic amines is 1. The van der Waals surface area contributed by atoms with E-state index in [0.717, 1.165) is 27.0 Å². The lowest BCUT2D eigenvalue weighted by atomic mass is 9.94. The molecule has 3 heterocycles. The predicted molar refractivity (Wildman–Crippen MR) is 99.6 cm³/mol. The van der Waals surface area contributed by atoms with Gasteiger partial charge in [0.25, 0.3) is 0 Å². The Hall–Kier alpha value is -2.92. The molecule has 25 heavy (non-hydrogen) atoms. The van der Waals surface area contributed by atoms with Crippen LogP contribution in [0.25, 0.3) is 31.6 Å². The molecule has 4 aromatic rings. The highest BCUT2D eigenvalue weighted by Crippen LogP contribution is 2.42. The molecule has 0 bridgehead atoms. The van der Waals surface area contributed by atoms with Gasteiger partial charge in [0.1, 0.15) is 0 Å². The summed E-state index contributed by atoms with van der Waals surface area (Å²) in [6, 6.07) is 18.3. The standard InChI is InChI=1S/C20H14N2O2S/c23-17-10-13(20(24)22-17)18-12-6-2-3-7-14(12)21-19(18)16-9-11-5-1-4-8-15(11)25-16/h1-9,13,21H,10H2,(H,22,23,24). The van der Waals surface area contributed by atoms with Crippen LogP contribution in [0.5, 0.6) is 0 Å². The van der Waals surface area contributed by atoms with E-state index in [-0.39, 0.29) is 18.2 Å². The number of nitrogens with one attached hydrogen (secondary N) is 2. The van der Waals surface area contributed by atoms with E-state index < -0.39 is 5.92 Å². The third-order valence-electron chi connectivity index (χ3n) is 4.74. The van der Waals surface area contributed by atoms with E-state index in [1.165, 1.54) is 10.1 Å². The number of carbonyl (C=O) groups is 2. The topological polar surface area (TPSA) is 62.0 Å². The van der Waals surface area contributed by atoms with Crippen molar-refractivity contribution in [2.75, 3.05) is 0 Å². The number of thiophene rings is 1. The summed E-state index contributed by atoms with van der Waals surface area (Å²) in [5, 5.41) is 4.62. The number of hydrogen-bond donors (Lipinski definition) is 2. The number of benzene rings is 2. The van der Waals surface area contributed by atoms with Gasteiger partial charge in [0.05, 0.1) is 16.5 Å². The fourth-order valence-electron chi connectivity index (χ4n) is 3.61. The lowest BCUT2D eigenvalue weighted by Gasteiger charge is -2.08. The van der Waals surface area contributed by atoms with E-state index in [4.69, 9.17) is 0 Å². The highest BCUT2D eigenvalue weighted by atomic mass is 32.1. The van der Waals surface area contributed by atoms with Gasteiger partial charge in [0.15, 0.2) is 0 Å². The van der Waals surface area contributed by atoms with E-state index in [0.29, 0.717) is 0 Å². The van der Waals surface area contributed by atoms with Crippen LogP contribution >= 0.6 is 11.3 Å². The van der Waals surface area contributed by atoms with Crippen molar-refractivity contribution in [3.8, 4) is 10.6 Å². The molecule has 1 atom stereocenters. The number of rotatable bonds is 2. The highest BCUT2D eigenvalue weighted by Gasteiger charge is 2.35. The third-order valence-corrected chi connectivity index (χ3v) is 5.87. The van der Waals surface area contributed by atoms with Gasteiger partial charge >= 0.3 is 0 Å². The summed E-state index contributed by atoms with van der Waals surface area (Å²) in [5.41, 5.74) is 2.85. The van der Waals surface area contributed by atoms with Crippen LogP contribution in [0.1, 0.15) is 17.9 Å². The zero-order chi connectivity index (χ0) is 17.0. The smallest absolute Gasteiger partial charge is 0.234 e. The molecule has 122 valence electrons. The molecule has 2 N–H and O–H groups in total. The molecule has 2 amide bonds. The lowest BCUT2D eigenvalue weighted by Crippen LogP contribution is -2.21. The van der Waals surface area contributed by atoms with Gasteiger partial charge in [-0.05, 0) is 29.1 Å². The SMILES string of the molecule is O=C1CC(c2c(-c3cc4ccccc4s3)[nH]c3ccccc23)C(=O)N1. The zero-order valence-electron chi connectivity index (χ0n) is 13.2. The second-order valence-electron chi connectivity index (χ2n) is 6.28. The van der Waals surface area contributed by atoms with Crippen molar-refractivity contribution in [2.45, 2.75) is 12.3 Å². The van der Waals surface area contributed by atoms with Crippen LogP contribution in [0.4, 0.5) is 0 Å². The molecule has 0 aliphatic carbocycles. The number of aromatic nitrogens is 1. The van der Waals surface area contributed by atoms with E-state index in [1.807, 2.05) is 36.4 Å². The second kappa shape index (κ2) is 5.29. The minimum atomic E-state index is -0.441. The van der Waals surface area contributed by atoms with Crippen molar-refractivity contribution in [3.63, 3.8) is 0 Å². The summed E-state index contributed by atoms with van der Waals surface area (Å²) in [6.45, 7) is 0. The second-order valence-corrected chi connectivity index (χ2v) is 7.36. The fourth-order valence-corrected chi connectivity index (χ4v) is 4.69. The van der Waals surface area contributed by atoms with Gasteiger partial charge in [-0.25, -0.2) is 0 Å². The van der Waals surface area contributed by atoms with E-state index in [9.17, 15) is 9.59 Å². The van der Waals surface area contributed by atoms with Crippen molar-refractivity contribution >= 4 is 44.1 Å². The van der Waals surface area contributed by atoms with Crippen molar-refractivity contribution in [1.29, 1.82) is 0 Å². The number of imide groups is 1. The molecule has 2 aromatic carbocycles. The molecule has 1 fully saturated rings. The van der Waals surface area contributed by atoms with Gasteiger partial charge in [-0.15, -0.1) is 11.3 Å². The minimum absolute atomic E-state index is 0.206. The summed E-state index contributed by atoms with van der Waals surface area (Å²) in [6.07, 6.45) is 0.207. The molecule has 2 aromatic heterocycles. The Labute approximate surface area is 147 Å². The van der Waals surface area contributed by atoms with Crippen molar-refractivity contribution in [1.82, 2.24) is 10.3 Å². The van der Waals surface area contributed by atoms with Crippen molar-refractivity contribution in [2.24, 2.45) is 0 Å². The summed E-state index contributed by atoms with van der Waals surface area (Å²) < 4.78 is 1.20. The molecule has 1 aliphatic rings. The number of hydrogen-bond acceptors (Lipinski definition) is 3. The number of fused-ring (bicyclic) bond motifs is 2.